The maximum atomic E-state index is 5.96. The Morgan fingerprint density at radius 2 is 2.12 bits per heavy atom. The third-order valence-corrected chi connectivity index (χ3v) is 4.16. The summed E-state index contributed by atoms with van der Waals surface area (Å²) < 4.78 is 5.96. The molecular formula is C14H28N2O. The summed E-state index contributed by atoms with van der Waals surface area (Å²) in [6.45, 7) is 10.0. The summed E-state index contributed by atoms with van der Waals surface area (Å²) in [6.07, 6.45) is 4.50. The quantitative estimate of drug-likeness (QED) is 0.815. The van der Waals surface area contributed by atoms with Crippen LogP contribution in [0.25, 0.3) is 0 Å². The van der Waals surface area contributed by atoms with Crippen molar-refractivity contribution >= 4 is 0 Å². The molecule has 0 aromatic carbocycles. The molecular weight excluding hydrogens is 212 g/mol. The third-order valence-electron chi connectivity index (χ3n) is 4.16. The van der Waals surface area contributed by atoms with Gasteiger partial charge >= 0.3 is 0 Å². The molecule has 17 heavy (non-hydrogen) atoms. The van der Waals surface area contributed by atoms with Gasteiger partial charge in [0, 0.05) is 25.7 Å². The van der Waals surface area contributed by atoms with Crippen LogP contribution in [0.4, 0.5) is 0 Å². The van der Waals surface area contributed by atoms with E-state index >= 15 is 0 Å². The number of rotatable bonds is 3. The standard InChI is InChI=1S/C14H28N2O/c1-11-8-16(10-14(2,3)17-11)9-12-6-5-7-13(12)15-4/h11-13,15H,5-10H2,1-4H3. The second-order valence-corrected chi connectivity index (χ2v) is 6.47. The summed E-state index contributed by atoms with van der Waals surface area (Å²) in [4.78, 5) is 2.61. The van der Waals surface area contributed by atoms with E-state index in [0.717, 1.165) is 25.0 Å². The molecule has 3 nitrogen and oxygen atoms in total. The Hall–Kier alpha value is -0.120. The topological polar surface area (TPSA) is 24.5 Å². The van der Waals surface area contributed by atoms with Gasteiger partial charge in [-0.1, -0.05) is 6.42 Å². The minimum atomic E-state index is 0.0193. The molecule has 2 rings (SSSR count). The number of morpholine rings is 1. The van der Waals surface area contributed by atoms with Crippen LogP contribution in [0.15, 0.2) is 0 Å². The number of hydrogen-bond acceptors (Lipinski definition) is 3. The van der Waals surface area contributed by atoms with Gasteiger partial charge in [0.1, 0.15) is 0 Å². The minimum Gasteiger partial charge on any atom is -0.370 e. The van der Waals surface area contributed by atoms with Crippen LogP contribution in [0.5, 0.6) is 0 Å². The molecule has 0 amide bonds. The molecule has 0 aromatic heterocycles. The van der Waals surface area contributed by atoms with Crippen molar-refractivity contribution in [3.63, 3.8) is 0 Å². The fourth-order valence-electron chi connectivity index (χ4n) is 3.69. The molecule has 2 aliphatic rings. The number of hydrogen-bond donors (Lipinski definition) is 1. The molecule has 1 N–H and O–H groups in total. The van der Waals surface area contributed by atoms with Crippen LogP contribution in [0, 0.1) is 5.92 Å². The van der Waals surface area contributed by atoms with Gasteiger partial charge in [0.15, 0.2) is 0 Å². The molecule has 3 unspecified atom stereocenters. The van der Waals surface area contributed by atoms with Gasteiger partial charge in [-0.2, -0.15) is 0 Å². The van der Waals surface area contributed by atoms with Crippen molar-refractivity contribution in [3.8, 4) is 0 Å². The maximum Gasteiger partial charge on any atom is 0.0757 e. The monoisotopic (exact) mass is 240 g/mol. The fourth-order valence-corrected chi connectivity index (χ4v) is 3.69. The maximum absolute atomic E-state index is 5.96. The molecule has 3 atom stereocenters. The molecule has 0 aromatic rings. The van der Waals surface area contributed by atoms with Gasteiger partial charge in [0.05, 0.1) is 11.7 Å². The third kappa shape index (κ3) is 3.43. The van der Waals surface area contributed by atoms with Crippen molar-refractivity contribution in [3.05, 3.63) is 0 Å². The first-order valence-corrected chi connectivity index (χ1v) is 7.07. The summed E-state index contributed by atoms with van der Waals surface area (Å²) >= 11 is 0. The molecule has 1 saturated carbocycles. The normalized spacial score (nSPS) is 38.5. The van der Waals surface area contributed by atoms with Gasteiger partial charge in [0.2, 0.25) is 0 Å². The van der Waals surface area contributed by atoms with Gasteiger partial charge in [-0.15, -0.1) is 0 Å². The minimum absolute atomic E-state index is 0.0193. The van der Waals surface area contributed by atoms with Gasteiger partial charge in [-0.25, -0.2) is 0 Å². The highest BCUT2D eigenvalue weighted by atomic mass is 16.5. The average molecular weight is 240 g/mol. The van der Waals surface area contributed by atoms with Crippen LogP contribution < -0.4 is 5.32 Å². The van der Waals surface area contributed by atoms with Crippen LogP contribution in [0.2, 0.25) is 0 Å². The first-order chi connectivity index (χ1) is 8.00. The lowest BCUT2D eigenvalue weighted by Crippen LogP contribution is -2.53. The van der Waals surface area contributed by atoms with Crippen molar-refractivity contribution in [2.45, 2.75) is 57.8 Å². The van der Waals surface area contributed by atoms with E-state index < -0.39 is 0 Å². The Labute approximate surface area is 106 Å². The van der Waals surface area contributed by atoms with E-state index in [0.29, 0.717) is 6.10 Å². The molecule has 3 heteroatoms. The highest BCUT2D eigenvalue weighted by Crippen LogP contribution is 2.28. The van der Waals surface area contributed by atoms with E-state index in [1.54, 1.807) is 0 Å². The highest BCUT2D eigenvalue weighted by molar-refractivity contribution is 4.88. The summed E-state index contributed by atoms with van der Waals surface area (Å²) in [6, 6.07) is 0.733. The molecule has 0 spiro atoms. The van der Waals surface area contributed by atoms with E-state index in [4.69, 9.17) is 4.74 Å². The van der Waals surface area contributed by atoms with Crippen molar-refractivity contribution in [2.24, 2.45) is 5.92 Å². The van der Waals surface area contributed by atoms with Crippen molar-refractivity contribution in [2.75, 3.05) is 26.7 Å². The van der Waals surface area contributed by atoms with E-state index in [1.165, 1.54) is 25.8 Å². The SMILES string of the molecule is CNC1CCCC1CN1CC(C)OC(C)(C)C1. The molecule has 2 fully saturated rings. The Kier molecular flexibility index (Phi) is 4.11. The summed E-state index contributed by atoms with van der Waals surface area (Å²) in [5.74, 6) is 0.834. The lowest BCUT2D eigenvalue weighted by atomic mass is 9.99. The highest BCUT2D eigenvalue weighted by Gasteiger charge is 2.34. The Balaban J connectivity index is 1.89. The summed E-state index contributed by atoms with van der Waals surface area (Å²) in [5, 5.41) is 3.48. The summed E-state index contributed by atoms with van der Waals surface area (Å²) in [7, 11) is 2.11. The van der Waals surface area contributed by atoms with Crippen LogP contribution in [0.3, 0.4) is 0 Å². The zero-order chi connectivity index (χ0) is 12.5. The van der Waals surface area contributed by atoms with Crippen LogP contribution in [-0.2, 0) is 4.74 Å². The van der Waals surface area contributed by atoms with Crippen LogP contribution in [-0.4, -0.2) is 49.3 Å². The van der Waals surface area contributed by atoms with Crippen molar-refractivity contribution < 1.29 is 4.74 Å². The zero-order valence-corrected chi connectivity index (χ0v) is 11.8. The van der Waals surface area contributed by atoms with E-state index in [-0.39, 0.29) is 5.60 Å². The molecule has 1 saturated heterocycles. The lowest BCUT2D eigenvalue weighted by molar-refractivity contribution is -0.131. The smallest absolute Gasteiger partial charge is 0.0757 e. The van der Waals surface area contributed by atoms with E-state index in [2.05, 4.69) is 38.0 Å². The van der Waals surface area contributed by atoms with E-state index in [1.807, 2.05) is 0 Å². The molecule has 0 radical (unpaired) electrons. The van der Waals surface area contributed by atoms with Gasteiger partial charge in [-0.05, 0) is 46.6 Å². The molecule has 1 heterocycles. The molecule has 0 bridgehead atoms. The fraction of sp³-hybridized carbons (Fsp3) is 1.00. The first kappa shape index (κ1) is 13.3. The molecule has 1 aliphatic carbocycles. The lowest BCUT2D eigenvalue weighted by Gasteiger charge is -2.43. The van der Waals surface area contributed by atoms with Crippen LogP contribution >= 0.6 is 0 Å². The Morgan fingerprint density at radius 1 is 1.35 bits per heavy atom. The molecule has 1 aliphatic heterocycles. The molecule has 100 valence electrons. The predicted molar refractivity (Wildman–Crippen MR) is 71.3 cm³/mol. The largest absolute Gasteiger partial charge is 0.370 e. The number of ether oxygens (including phenoxy) is 1. The van der Waals surface area contributed by atoms with Gasteiger partial charge in [0.25, 0.3) is 0 Å². The summed E-state index contributed by atoms with van der Waals surface area (Å²) in [5.41, 5.74) is 0.0193. The van der Waals surface area contributed by atoms with Crippen LogP contribution in [0.1, 0.15) is 40.0 Å². The second-order valence-electron chi connectivity index (χ2n) is 6.47. The van der Waals surface area contributed by atoms with E-state index in [9.17, 15) is 0 Å². The van der Waals surface area contributed by atoms with Crippen molar-refractivity contribution in [1.82, 2.24) is 10.2 Å². The number of nitrogens with zero attached hydrogens (tertiary/aromatic N) is 1. The Morgan fingerprint density at radius 3 is 2.76 bits per heavy atom. The zero-order valence-electron chi connectivity index (χ0n) is 11.8. The Bertz CT molecular complexity index is 255. The first-order valence-electron chi connectivity index (χ1n) is 7.07. The van der Waals surface area contributed by atoms with Gasteiger partial charge in [-0.3, -0.25) is 4.90 Å². The average Bonchev–Trinajstić information content (AvgIpc) is 2.61. The second kappa shape index (κ2) is 5.25. The van der Waals surface area contributed by atoms with Crippen molar-refractivity contribution in [1.29, 1.82) is 0 Å². The number of nitrogens with one attached hydrogen (secondary N) is 1. The predicted octanol–water partition coefficient (Wildman–Crippen LogP) is 1.87. The van der Waals surface area contributed by atoms with Gasteiger partial charge < -0.3 is 10.1 Å².